The monoisotopic (exact) mass is 449 g/mol. The van der Waals surface area contributed by atoms with E-state index in [0.717, 1.165) is 37.9 Å². The van der Waals surface area contributed by atoms with Gasteiger partial charge in [0.2, 0.25) is 0 Å². The number of aliphatic carboxylic acids is 1. The molecule has 0 fully saturated rings. The van der Waals surface area contributed by atoms with Gasteiger partial charge < -0.3 is 10.3 Å². The summed E-state index contributed by atoms with van der Waals surface area (Å²) in [6.45, 7) is 1.94. The van der Waals surface area contributed by atoms with E-state index in [0.29, 0.717) is 11.5 Å². The number of nitrogens with zero attached hydrogens (tertiary/aromatic N) is 3. The first kappa shape index (κ1) is 21.4. The van der Waals surface area contributed by atoms with Crippen molar-refractivity contribution in [2.24, 2.45) is 0 Å². The van der Waals surface area contributed by atoms with Gasteiger partial charge >= 0.3 is 11.8 Å². The Morgan fingerprint density at radius 1 is 0.971 bits per heavy atom. The minimum Gasteiger partial charge on any atom is -0.711 e. The van der Waals surface area contributed by atoms with Crippen LogP contribution in [0.2, 0.25) is 0 Å². The van der Waals surface area contributed by atoms with E-state index in [2.05, 4.69) is 6.07 Å². The van der Waals surface area contributed by atoms with Crippen molar-refractivity contribution in [1.82, 2.24) is 9.78 Å². The van der Waals surface area contributed by atoms with Crippen LogP contribution in [-0.4, -0.2) is 20.9 Å². The molecule has 34 heavy (non-hydrogen) atoms. The Morgan fingerprint density at radius 2 is 1.76 bits per heavy atom. The summed E-state index contributed by atoms with van der Waals surface area (Å²) in [7, 11) is 0. The lowest BCUT2D eigenvalue weighted by atomic mass is 9.93. The third kappa shape index (κ3) is 4.13. The highest BCUT2D eigenvalue weighted by Gasteiger charge is 2.26. The Hall–Kier alpha value is -4.45. The van der Waals surface area contributed by atoms with E-state index >= 15 is 0 Å². The maximum absolute atomic E-state index is 12.6. The fraction of sp³-hybridized carbons (Fsp3) is 0.107. The van der Waals surface area contributed by atoms with Crippen molar-refractivity contribution >= 4 is 16.7 Å². The normalized spacial score (nSPS) is 12.0. The molecule has 1 atom stereocenters. The number of aromatic nitrogens is 3. The maximum atomic E-state index is 12.6. The molecular formula is C28H23N3O3. The van der Waals surface area contributed by atoms with Crippen molar-refractivity contribution in [1.29, 1.82) is 0 Å². The van der Waals surface area contributed by atoms with Crippen LogP contribution >= 0.6 is 0 Å². The number of aryl methyl sites for hydroxylation is 1. The van der Waals surface area contributed by atoms with Gasteiger partial charge in [0.1, 0.15) is 0 Å². The van der Waals surface area contributed by atoms with Gasteiger partial charge in [0.15, 0.2) is 5.69 Å². The van der Waals surface area contributed by atoms with Crippen molar-refractivity contribution < 1.29 is 14.6 Å². The number of rotatable bonds is 6. The summed E-state index contributed by atoms with van der Waals surface area (Å²) in [5, 5.41) is 29.4. The van der Waals surface area contributed by atoms with Crippen molar-refractivity contribution in [3.05, 3.63) is 119 Å². The molecular weight excluding hydrogens is 426 g/mol. The fourth-order valence-electron chi connectivity index (χ4n) is 4.29. The van der Waals surface area contributed by atoms with Crippen molar-refractivity contribution in [2.45, 2.75) is 19.3 Å². The largest absolute Gasteiger partial charge is 0.711 e. The fourth-order valence-corrected chi connectivity index (χ4v) is 4.29. The van der Waals surface area contributed by atoms with Gasteiger partial charge in [-0.05, 0) is 41.5 Å². The minimum atomic E-state index is -0.911. The Morgan fingerprint density at radius 3 is 2.53 bits per heavy atom. The average Bonchev–Trinajstić information content (AvgIpc) is 3.26. The Kier molecular flexibility index (Phi) is 5.55. The molecule has 0 aliphatic heterocycles. The highest BCUT2D eigenvalue weighted by Crippen LogP contribution is 2.29. The van der Waals surface area contributed by atoms with E-state index in [9.17, 15) is 15.1 Å². The molecule has 0 bridgehead atoms. The van der Waals surface area contributed by atoms with E-state index in [-0.39, 0.29) is 6.42 Å². The molecule has 1 N–H and O–H groups in total. The molecule has 0 amide bonds. The first-order valence-corrected chi connectivity index (χ1v) is 11.1. The van der Waals surface area contributed by atoms with Gasteiger partial charge in [-0.15, -0.1) is 0 Å². The van der Waals surface area contributed by atoms with E-state index in [4.69, 9.17) is 5.10 Å². The molecule has 0 saturated carbocycles. The molecule has 2 aromatic heterocycles. The zero-order valence-corrected chi connectivity index (χ0v) is 18.6. The van der Waals surface area contributed by atoms with Gasteiger partial charge in [-0.3, -0.25) is 4.79 Å². The predicted octanol–water partition coefficient (Wildman–Crippen LogP) is 5.05. The Bertz CT molecular complexity index is 1510. The lowest BCUT2D eigenvalue weighted by Gasteiger charge is -2.11. The molecule has 6 heteroatoms. The molecule has 0 radical (unpaired) electrons. The summed E-state index contributed by atoms with van der Waals surface area (Å²) in [4.78, 5) is 12.2. The molecule has 168 valence electrons. The molecule has 0 saturated heterocycles. The smallest absolute Gasteiger partial charge is 0.311 e. The molecule has 5 aromatic rings. The molecule has 1 unspecified atom stereocenters. The first-order chi connectivity index (χ1) is 16.5. The lowest BCUT2D eigenvalue weighted by molar-refractivity contribution is -0.600. The van der Waals surface area contributed by atoms with Crippen LogP contribution in [0.25, 0.3) is 27.8 Å². The molecule has 6 nitrogen and oxygen atoms in total. The van der Waals surface area contributed by atoms with Crippen LogP contribution in [0.3, 0.4) is 0 Å². The van der Waals surface area contributed by atoms with Crippen molar-refractivity contribution in [2.75, 3.05) is 0 Å². The van der Waals surface area contributed by atoms with Crippen LogP contribution in [0.15, 0.2) is 97.2 Å². The van der Waals surface area contributed by atoms with Crippen LogP contribution in [0.4, 0.5) is 0 Å². The highest BCUT2D eigenvalue weighted by molar-refractivity contribution is 5.87. The summed E-state index contributed by atoms with van der Waals surface area (Å²) in [6.07, 6.45) is 1.63. The third-order valence-corrected chi connectivity index (χ3v) is 5.98. The SMILES string of the molecule is Cc1cccc(C(Cc2cc(-c3ccc4ccccc4c3)n(-c3cccc[n+]3[O-])n2)C(=O)O)c1. The number of carboxylic acid groups (broad SMARTS) is 1. The minimum absolute atomic E-state index is 0.206. The summed E-state index contributed by atoms with van der Waals surface area (Å²) in [5.74, 6) is -1.31. The summed E-state index contributed by atoms with van der Waals surface area (Å²) >= 11 is 0. The lowest BCUT2D eigenvalue weighted by Crippen LogP contribution is -2.32. The number of fused-ring (bicyclic) bond motifs is 1. The third-order valence-electron chi connectivity index (χ3n) is 5.98. The number of carbonyl (C=O) groups is 1. The Labute approximate surface area is 196 Å². The second kappa shape index (κ2) is 8.83. The first-order valence-electron chi connectivity index (χ1n) is 11.1. The van der Waals surface area contributed by atoms with E-state index in [1.54, 1.807) is 22.9 Å². The maximum Gasteiger partial charge on any atom is 0.311 e. The van der Waals surface area contributed by atoms with Crippen LogP contribution in [0, 0.1) is 12.1 Å². The van der Waals surface area contributed by atoms with E-state index in [1.807, 2.05) is 73.7 Å². The van der Waals surface area contributed by atoms with Crippen LogP contribution in [0.5, 0.6) is 0 Å². The molecule has 0 aliphatic rings. The van der Waals surface area contributed by atoms with E-state index in [1.165, 1.54) is 6.20 Å². The van der Waals surface area contributed by atoms with Gasteiger partial charge in [0, 0.05) is 24.1 Å². The van der Waals surface area contributed by atoms with Gasteiger partial charge in [-0.1, -0.05) is 76.0 Å². The average molecular weight is 450 g/mol. The number of hydrogen-bond donors (Lipinski definition) is 1. The number of carboxylic acids is 1. The second-order valence-electron chi connectivity index (χ2n) is 8.39. The van der Waals surface area contributed by atoms with Crippen LogP contribution < -0.4 is 4.73 Å². The summed E-state index contributed by atoms with van der Waals surface area (Å²) in [5.41, 5.74) is 3.95. The summed E-state index contributed by atoms with van der Waals surface area (Å²) < 4.78 is 2.36. The Balaban J connectivity index is 1.63. The zero-order valence-electron chi connectivity index (χ0n) is 18.6. The number of benzene rings is 3. The van der Waals surface area contributed by atoms with Gasteiger partial charge in [0.25, 0.3) is 0 Å². The van der Waals surface area contributed by atoms with Crippen molar-refractivity contribution in [3.8, 4) is 17.1 Å². The quantitative estimate of drug-likeness (QED) is 0.291. The molecule has 2 heterocycles. The van der Waals surface area contributed by atoms with Gasteiger partial charge in [-0.25, -0.2) is 4.73 Å². The molecule has 0 aliphatic carbocycles. The number of pyridine rings is 1. The van der Waals surface area contributed by atoms with E-state index < -0.39 is 11.9 Å². The topological polar surface area (TPSA) is 82.1 Å². The standard InChI is InChI=1S/C28H23N3O3/c1-19-7-6-10-22(15-19)25(28(32)33)17-24-18-26(31(29-24)27-11-4-5-14-30(27)34)23-13-12-20-8-2-3-9-21(20)16-23/h2-16,18,25H,17H2,1H3,(H,32,33). The van der Waals surface area contributed by atoms with Crippen LogP contribution in [0.1, 0.15) is 22.7 Å². The highest BCUT2D eigenvalue weighted by atomic mass is 16.5. The van der Waals surface area contributed by atoms with Gasteiger partial charge in [-0.2, -0.15) is 0 Å². The summed E-state index contributed by atoms with van der Waals surface area (Å²) in [6, 6.07) is 28.7. The molecule has 5 rings (SSSR count). The second-order valence-corrected chi connectivity index (χ2v) is 8.39. The molecule has 3 aromatic carbocycles. The predicted molar refractivity (Wildman–Crippen MR) is 131 cm³/mol. The molecule has 0 spiro atoms. The zero-order chi connectivity index (χ0) is 23.7. The van der Waals surface area contributed by atoms with Gasteiger partial charge in [0.05, 0.1) is 17.8 Å². The van der Waals surface area contributed by atoms with Crippen LogP contribution in [-0.2, 0) is 11.2 Å². The van der Waals surface area contributed by atoms with Crippen molar-refractivity contribution in [3.63, 3.8) is 0 Å². The number of hydrogen-bond acceptors (Lipinski definition) is 3.